The molecule has 2 aliphatic heterocycles. The first-order valence-electron chi connectivity index (χ1n) is 13.9. The second-order valence-electron chi connectivity index (χ2n) is 11.7. The van der Waals surface area contributed by atoms with E-state index in [1.165, 1.54) is 21.2 Å². The van der Waals surface area contributed by atoms with E-state index < -0.39 is 17.1 Å². The number of fused-ring (bicyclic) bond motifs is 2. The standard InChI is InChI=1S/C33H31N3O5S2/c1-33(2,3)20-12-10-19(11-13-20)25-26-27(30(39)36(29(26)38)22-8-6-5-7-9-22)42-31-28(25)43-32(40)35(31)18-24(37)34-21-14-16-23(41-4)17-15-21/h5-17,25-27H,18H2,1-4H3,(H,34,37)/t25-,26?,27?/m1/s1. The number of carbonyl (C=O) groups is 3. The van der Waals surface area contributed by atoms with Crippen LogP contribution in [0.25, 0.3) is 0 Å². The quantitative estimate of drug-likeness (QED) is 0.282. The Morgan fingerprint density at radius 2 is 1.58 bits per heavy atom. The van der Waals surface area contributed by atoms with Crippen LogP contribution < -0.4 is 19.8 Å². The maximum absolute atomic E-state index is 14.0. The zero-order valence-electron chi connectivity index (χ0n) is 24.2. The molecule has 43 heavy (non-hydrogen) atoms. The monoisotopic (exact) mass is 613 g/mol. The summed E-state index contributed by atoms with van der Waals surface area (Å²) in [6, 6.07) is 23.9. The number of thioether (sulfide) groups is 1. The van der Waals surface area contributed by atoms with E-state index in [4.69, 9.17) is 4.74 Å². The predicted molar refractivity (Wildman–Crippen MR) is 169 cm³/mol. The van der Waals surface area contributed by atoms with Crippen LogP contribution in [-0.4, -0.2) is 34.6 Å². The fourth-order valence-electron chi connectivity index (χ4n) is 5.65. The number of nitrogens with zero attached hydrogens (tertiary/aromatic N) is 2. The van der Waals surface area contributed by atoms with Gasteiger partial charge in [0.2, 0.25) is 17.7 Å². The summed E-state index contributed by atoms with van der Waals surface area (Å²) in [4.78, 5) is 56.1. The van der Waals surface area contributed by atoms with Crippen molar-refractivity contribution in [1.29, 1.82) is 0 Å². The van der Waals surface area contributed by atoms with Crippen LogP contribution in [0.1, 0.15) is 42.7 Å². The molecule has 3 amide bonds. The average Bonchev–Trinajstić information content (AvgIpc) is 3.43. The van der Waals surface area contributed by atoms with E-state index in [2.05, 4.69) is 26.1 Å². The summed E-state index contributed by atoms with van der Waals surface area (Å²) in [6.45, 7) is 6.18. The lowest BCUT2D eigenvalue weighted by Gasteiger charge is -2.31. The molecule has 3 heterocycles. The maximum atomic E-state index is 14.0. The highest BCUT2D eigenvalue weighted by atomic mass is 32.2. The topological polar surface area (TPSA) is 97.7 Å². The van der Waals surface area contributed by atoms with Crippen molar-refractivity contribution in [3.63, 3.8) is 0 Å². The number of amides is 3. The molecule has 1 aromatic heterocycles. The van der Waals surface area contributed by atoms with Crippen LogP contribution in [-0.2, 0) is 26.3 Å². The molecule has 0 spiro atoms. The molecule has 220 valence electrons. The maximum Gasteiger partial charge on any atom is 0.308 e. The van der Waals surface area contributed by atoms with Gasteiger partial charge in [-0.25, -0.2) is 4.90 Å². The van der Waals surface area contributed by atoms with Crippen molar-refractivity contribution in [3.05, 3.63) is 105 Å². The van der Waals surface area contributed by atoms with Gasteiger partial charge in [0.05, 0.1) is 23.7 Å². The van der Waals surface area contributed by atoms with Crippen LogP contribution in [0.2, 0.25) is 0 Å². The second kappa shape index (κ2) is 11.2. The molecule has 10 heteroatoms. The van der Waals surface area contributed by atoms with Crippen molar-refractivity contribution in [3.8, 4) is 5.75 Å². The molecule has 6 rings (SSSR count). The first-order valence-corrected chi connectivity index (χ1v) is 15.6. The summed E-state index contributed by atoms with van der Waals surface area (Å²) in [5.74, 6) is -1.51. The third kappa shape index (κ3) is 5.29. The number of benzene rings is 3. The van der Waals surface area contributed by atoms with E-state index in [1.807, 2.05) is 30.3 Å². The number of nitrogens with one attached hydrogen (secondary N) is 1. The average molecular weight is 614 g/mol. The number of ether oxygens (including phenoxy) is 1. The number of aromatic nitrogens is 1. The van der Waals surface area contributed by atoms with Gasteiger partial charge >= 0.3 is 4.87 Å². The predicted octanol–water partition coefficient (Wildman–Crippen LogP) is 5.65. The van der Waals surface area contributed by atoms with E-state index in [0.717, 1.165) is 22.5 Å². The van der Waals surface area contributed by atoms with Crippen molar-refractivity contribution < 1.29 is 19.1 Å². The molecule has 3 atom stereocenters. The number of rotatable bonds is 6. The largest absolute Gasteiger partial charge is 0.497 e. The first-order chi connectivity index (χ1) is 20.6. The van der Waals surface area contributed by atoms with Crippen LogP contribution in [0.5, 0.6) is 5.75 Å². The molecule has 2 aliphatic rings. The summed E-state index contributed by atoms with van der Waals surface area (Å²) < 4.78 is 6.61. The minimum atomic E-state index is -0.739. The molecule has 1 saturated heterocycles. The van der Waals surface area contributed by atoms with Gasteiger partial charge in [-0.1, -0.05) is 86.3 Å². The Balaban J connectivity index is 1.40. The lowest BCUT2D eigenvalue weighted by molar-refractivity contribution is -0.122. The van der Waals surface area contributed by atoms with Crippen LogP contribution in [0.15, 0.2) is 88.7 Å². The van der Waals surface area contributed by atoms with E-state index in [-0.39, 0.29) is 34.6 Å². The normalized spacial score (nSPS) is 19.6. The molecule has 0 saturated carbocycles. The Kier molecular flexibility index (Phi) is 7.52. The smallest absolute Gasteiger partial charge is 0.308 e. The van der Waals surface area contributed by atoms with Crippen LogP contribution in [0.3, 0.4) is 0 Å². The molecule has 1 fully saturated rings. The highest BCUT2D eigenvalue weighted by molar-refractivity contribution is 8.00. The number of hydrogen-bond acceptors (Lipinski definition) is 7. The van der Waals surface area contributed by atoms with Crippen molar-refractivity contribution in [1.82, 2.24) is 4.57 Å². The number of thiazole rings is 1. The summed E-state index contributed by atoms with van der Waals surface area (Å²) >= 11 is 2.25. The van der Waals surface area contributed by atoms with Crippen LogP contribution in [0.4, 0.5) is 11.4 Å². The fraction of sp³-hybridized carbons (Fsp3) is 0.273. The highest BCUT2D eigenvalue weighted by Gasteiger charge is 2.56. The molecule has 0 aliphatic carbocycles. The molecule has 0 radical (unpaired) electrons. The SMILES string of the molecule is COc1ccc(NC(=O)Cn2c3c(sc2=O)[C@H](c2ccc(C(C)(C)C)cc2)C2C(=O)N(c4ccccc4)C(=O)C2S3)cc1. The number of anilines is 2. The van der Waals surface area contributed by atoms with E-state index >= 15 is 0 Å². The molecular weight excluding hydrogens is 583 g/mol. The fourth-order valence-corrected chi connectivity index (χ4v) is 8.43. The Labute approximate surface area is 257 Å². The Morgan fingerprint density at radius 1 is 0.907 bits per heavy atom. The summed E-state index contributed by atoms with van der Waals surface area (Å²) in [5, 5.41) is 2.65. The van der Waals surface area contributed by atoms with Gasteiger partial charge in [-0.3, -0.25) is 23.7 Å². The molecule has 3 aromatic carbocycles. The minimum absolute atomic E-state index is 0.0662. The van der Waals surface area contributed by atoms with Gasteiger partial charge in [0.25, 0.3) is 0 Å². The van der Waals surface area contributed by atoms with Gasteiger partial charge in [0, 0.05) is 16.5 Å². The number of hydrogen-bond donors (Lipinski definition) is 1. The molecule has 0 bridgehead atoms. The first kappa shape index (κ1) is 28.9. The van der Waals surface area contributed by atoms with Crippen LogP contribution >= 0.6 is 23.1 Å². The van der Waals surface area contributed by atoms with Gasteiger partial charge in [-0.05, 0) is 52.9 Å². The van der Waals surface area contributed by atoms with Crippen LogP contribution in [0, 0.1) is 5.92 Å². The van der Waals surface area contributed by atoms with E-state index in [0.29, 0.717) is 27.0 Å². The second-order valence-corrected chi connectivity index (χ2v) is 13.8. The lowest BCUT2D eigenvalue weighted by atomic mass is 9.81. The molecule has 2 unspecified atom stereocenters. The van der Waals surface area contributed by atoms with Gasteiger partial charge in [0.1, 0.15) is 17.5 Å². The summed E-state index contributed by atoms with van der Waals surface area (Å²) in [5.41, 5.74) is 3.02. The summed E-state index contributed by atoms with van der Waals surface area (Å²) in [7, 11) is 1.57. The zero-order valence-corrected chi connectivity index (χ0v) is 25.8. The third-order valence-corrected chi connectivity index (χ3v) is 10.5. The van der Waals surface area contributed by atoms with Gasteiger partial charge in [-0.15, -0.1) is 0 Å². The third-order valence-electron chi connectivity index (χ3n) is 7.87. The van der Waals surface area contributed by atoms with Gasteiger partial charge in [0.15, 0.2) is 0 Å². The van der Waals surface area contributed by atoms with Gasteiger partial charge < -0.3 is 10.1 Å². The van der Waals surface area contributed by atoms with E-state index in [9.17, 15) is 19.2 Å². The van der Waals surface area contributed by atoms with Crippen molar-refractivity contribution >= 4 is 52.2 Å². The molecule has 8 nitrogen and oxygen atoms in total. The summed E-state index contributed by atoms with van der Waals surface area (Å²) in [6.07, 6.45) is 0. The van der Waals surface area contributed by atoms with Crippen molar-refractivity contribution in [2.24, 2.45) is 5.92 Å². The lowest BCUT2D eigenvalue weighted by Crippen LogP contribution is -2.33. The number of imide groups is 1. The Morgan fingerprint density at radius 3 is 2.21 bits per heavy atom. The van der Waals surface area contributed by atoms with Crippen molar-refractivity contribution in [2.45, 2.75) is 48.9 Å². The molecular formula is C33H31N3O5S2. The van der Waals surface area contributed by atoms with Crippen molar-refractivity contribution in [2.75, 3.05) is 17.3 Å². The van der Waals surface area contributed by atoms with Gasteiger partial charge in [-0.2, -0.15) is 0 Å². The Hall–Kier alpha value is -4.15. The minimum Gasteiger partial charge on any atom is -0.497 e. The highest BCUT2D eigenvalue weighted by Crippen LogP contribution is 2.54. The Bertz CT molecular complexity index is 1760. The number of carbonyl (C=O) groups excluding carboxylic acids is 3. The molecule has 4 aromatic rings. The number of methoxy groups -OCH3 is 1. The number of para-hydroxylation sites is 1. The molecule has 1 N–H and O–H groups in total. The van der Waals surface area contributed by atoms with E-state index in [1.54, 1.807) is 55.6 Å². The zero-order chi connectivity index (χ0) is 30.5.